The molecule has 0 bridgehead atoms. The summed E-state index contributed by atoms with van der Waals surface area (Å²) >= 11 is 1.08. The molecule has 0 saturated carbocycles. The molecule has 8 nitrogen and oxygen atoms in total. The van der Waals surface area contributed by atoms with Crippen molar-refractivity contribution in [3.05, 3.63) is 65.7 Å². The van der Waals surface area contributed by atoms with Gasteiger partial charge in [-0.05, 0) is 30.2 Å². The topological polar surface area (TPSA) is 123 Å². The highest BCUT2D eigenvalue weighted by atomic mass is 32.2. The number of amides is 2. The molecule has 2 aromatic carbocycles. The van der Waals surface area contributed by atoms with E-state index in [1.54, 1.807) is 13.0 Å². The average Bonchev–Trinajstić information content (AvgIpc) is 2.72. The van der Waals surface area contributed by atoms with E-state index in [1.807, 2.05) is 30.3 Å². The second-order valence-corrected chi connectivity index (χ2v) is 7.36. The first kappa shape index (κ1) is 20.3. The number of nitrogens with zero attached hydrogens (tertiary/aromatic N) is 2. The van der Waals surface area contributed by atoms with Crippen LogP contribution in [0.1, 0.15) is 29.3 Å². The zero-order chi connectivity index (χ0) is 20.8. The molecule has 9 heteroatoms. The number of aromatic carboxylic acids is 1. The SMILES string of the molecule is C/C(=N/N=C1\NC(=O)C[C@@H](C(=O)Nc2cccc(C(=O)[O-])c2)S1)c1ccccc1. The number of rotatable bonds is 5. The third kappa shape index (κ3) is 5.52. The summed E-state index contributed by atoms with van der Waals surface area (Å²) < 4.78 is 0. The summed E-state index contributed by atoms with van der Waals surface area (Å²) in [4.78, 5) is 35.5. The smallest absolute Gasteiger partial charge is 0.238 e. The van der Waals surface area contributed by atoms with Crippen LogP contribution in [0.4, 0.5) is 5.69 Å². The Balaban J connectivity index is 1.70. The highest BCUT2D eigenvalue weighted by Crippen LogP contribution is 2.23. The first-order chi connectivity index (χ1) is 13.9. The van der Waals surface area contributed by atoms with E-state index in [1.165, 1.54) is 18.2 Å². The lowest BCUT2D eigenvalue weighted by molar-refractivity contribution is -0.255. The van der Waals surface area contributed by atoms with Gasteiger partial charge in [0.25, 0.3) is 0 Å². The first-order valence-electron chi connectivity index (χ1n) is 8.69. The number of thioether (sulfide) groups is 1. The standard InChI is InChI=1S/C20H18N4O4S/c1-12(13-6-3-2-4-7-13)23-24-20-22-17(25)11-16(29-20)18(26)21-15-9-5-8-14(10-15)19(27)28/h2-10,16H,11H2,1H3,(H,21,26)(H,27,28)(H,22,24,25)/p-1/b23-12-/t16-/m0/s1. The molecule has 1 heterocycles. The fraction of sp³-hybridized carbons (Fsp3) is 0.150. The third-order valence-corrected chi connectivity index (χ3v) is 5.08. The van der Waals surface area contributed by atoms with Crippen molar-refractivity contribution in [2.45, 2.75) is 18.6 Å². The van der Waals surface area contributed by atoms with Gasteiger partial charge in [0.15, 0.2) is 5.17 Å². The Morgan fingerprint density at radius 2 is 1.86 bits per heavy atom. The molecule has 1 fully saturated rings. The Hall–Kier alpha value is -3.46. The number of carboxylic acids is 1. The fourth-order valence-corrected chi connectivity index (χ4v) is 3.47. The molecule has 0 radical (unpaired) electrons. The molecule has 2 amide bonds. The molecule has 1 atom stereocenters. The predicted octanol–water partition coefficient (Wildman–Crippen LogP) is 1.39. The lowest BCUT2D eigenvalue weighted by Gasteiger charge is -2.21. The van der Waals surface area contributed by atoms with Crippen molar-refractivity contribution in [2.75, 3.05) is 5.32 Å². The minimum absolute atomic E-state index is 0.0307. The molecular formula is C20H17N4O4S-. The van der Waals surface area contributed by atoms with E-state index in [-0.39, 0.29) is 23.1 Å². The van der Waals surface area contributed by atoms with Gasteiger partial charge in [-0.25, -0.2) is 0 Å². The zero-order valence-electron chi connectivity index (χ0n) is 15.4. The molecule has 1 aliphatic rings. The van der Waals surface area contributed by atoms with Crippen LogP contribution in [0.15, 0.2) is 64.8 Å². The highest BCUT2D eigenvalue weighted by molar-refractivity contribution is 8.15. The van der Waals surface area contributed by atoms with Gasteiger partial charge in [-0.2, -0.15) is 5.10 Å². The van der Waals surface area contributed by atoms with Crippen molar-refractivity contribution in [1.82, 2.24) is 5.32 Å². The number of carbonyl (C=O) groups is 3. The summed E-state index contributed by atoms with van der Waals surface area (Å²) in [6.45, 7) is 1.79. The summed E-state index contributed by atoms with van der Waals surface area (Å²) in [6.07, 6.45) is -0.0307. The van der Waals surface area contributed by atoms with Crippen LogP contribution in [-0.4, -0.2) is 33.9 Å². The predicted molar refractivity (Wildman–Crippen MR) is 110 cm³/mol. The third-order valence-electron chi connectivity index (χ3n) is 4.01. The number of hydrogen-bond acceptors (Lipinski definition) is 7. The first-order valence-corrected chi connectivity index (χ1v) is 9.57. The molecule has 0 spiro atoms. The van der Waals surface area contributed by atoms with Gasteiger partial charge in [-0.15, -0.1) is 5.10 Å². The lowest BCUT2D eigenvalue weighted by atomic mass is 10.1. The van der Waals surface area contributed by atoms with E-state index in [0.29, 0.717) is 11.4 Å². The van der Waals surface area contributed by atoms with Gasteiger partial charge >= 0.3 is 0 Å². The fourth-order valence-electron chi connectivity index (χ4n) is 2.54. The maximum absolute atomic E-state index is 12.5. The van der Waals surface area contributed by atoms with Gasteiger partial charge in [0.05, 0.1) is 11.7 Å². The van der Waals surface area contributed by atoms with Gasteiger partial charge in [0.2, 0.25) is 11.8 Å². The Kier molecular flexibility index (Phi) is 6.40. The molecule has 1 saturated heterocycles. The highest BCUT2D eigenvalue weighted by Gasteiger charge is 2.30. The maximum atomic E-state index is 12.5. The number of hydrogen-bond donors (Lipinski definition) is 2. The summed E-state index contributed by atoms with van der Waals surface area (Å²) in [6, 6.07) is 15.2. The molecular weight excluding hydrogens is 392 g/mol. The number of amidine groups is 1. The number of nitrogens with one attached hydrogen (secondary N) is 2. The average molecular weight is 409 g/mol. The number of carbonyl (C=O) groups excluding carboxylic acids is 3. The lowest BCUT2D eigenvalue weighted by Crippen LogP contribution is -2.41. The molecule has 1 aliphatic heterocycles. The zero-order valence-corrected chi connectivity index (χ0v) is 16.2. The van der Waals surface area contributed by atoms with Crippen LogP contribution in [-0.2, 0) is 9.59 Å². The summed E-state index contributed by atoms with van der Waals surface area (Å²) in [5.41, 5.74) is 1.81. The molecule has 0 unspecified atom stereocenters. The van der Waals surface area contributed by atoms with Crippen LogP contribution in [0.25, 0.3) is 0 Å². The molecule has 148 valence electrons. The van der Waals surface area contributed by atoms with Gasteiger partial charge in [-0.3, -0.25) is 9.59 Å². The number of benzene rings is 2. The Labute approximate surface area is 171 Å². The van der Waals surface area contributed by atoms with E-state index >= 15 is 0 Å². The van der Waals surface area contributed by atoms with Crippen molar-refractivity contribution >= 4 is 46.1 Å². The number of carboxylic acid groups (broad SMARTS) is 1. The largest absolute Gasteiger partial charge is 0.545 e. The maximum Gasteiger partial charge on any atom is 0.238 e. The van der Waals surface area contributed by atoms with Crippen LogP contribution < -0.4 is 15.7 Å². The van der Waals surface area contributed by atoms with Gasteiger partial charge in [-0.1, -0.05) is 54.2 Å². The summed E-state index contributed by atoms with van der Waals surface area (Å²) in [7, 11) is 0. The van der Waals surface area contributed by atoms with Crippen molar-refractivity contribution in [3.63, 3.8) is 0 Å². The molecule has 29 heavy (non-hydrogen) atoms. The van der Waals surface area contributed by atoms with Crippen molar-refractivity contribution in [2.24, 2.45) is 10.2 Å². The second kappa shape index (κ2) is 9.16. The monoisotopic (exact) mass is 409 g/mol. The van der Waals surface area contributed by atoms with E-state index in [9.17, 15) is 19.5 Å². The van der Waals surface area contributed by atoms with Crippen LogP contribution >= 0.6 is 11.8 Å². The van der Waals surface area contributed by atoms with Crippen molar-refractivity contribution in [3.8, 4) is 0 Å². The van der Waals surface area contributed by atoms with E-state index in [0.717, 1.165) is 17.3 Å². The van der Waals surface area contributed by atoms with Crippen molar-refractivity contribution < 1.29 is 19.5 Å². The van der Waals surface area contributed by atoms with Crippen LogP contribution in [0.5, 0.6) is 0 Å². The minimum atomic E-state index is -1.34. The molecule has 2 N–H and O–H groups in total. The summed E-state index contributed by atoms with van der Waals surface area (Å²) in [5, 5.41) is 23.8. The van der Waals surface area contributed by atoms with Crippen LogP contribution in [0.2, 0.25) is 0 Å². The Bertz CT molecular complexity index is 1000. The minimum Gasteiger partial charge on any atom is -0.545 e. The van der Waals surface area contributed by atoms with Crippen molar-refractivity contribution in [1.29, 1.82) is 0 Å². The summed E-state index contributed by atoms with van der Waals surface area (Å²) in [5.74, 6) is -2.12. The van der Waals surface area contributed by atoms with E-state index < -0.39 is 17.1 Å². The van der Waals surface area contributed by atoms with Gasteiger partial charge in [0.1, 0.15) is 5.25 Å². The van der Waals surface area contributed by atoms with Gasteiger partial charge < -0.3 is 20.5 Å². The normalized spacial score (nSPS) is 18.2. The number of anilines is 1. The molecule has 0 aromatic heterocycles. The van der Waals surface area contributed by atoms with Crippen LogP contribution in [0, 0.1) is 0 Å². The Morgan fingerprint density at radius 1 is 1.14 bits per heavy atom. The quantitative estimate of drug-likeness (QED) is 0.571. The molecule has 0 aliphatic carbocycles. The van der Waals surface area contributed by atoms with E-state index in [2.05, 4.69) is 20.8 Å². The molecule has 3 rings (SSSR count). The van der Waals surface area contributed by atoms with Crippen LogP contribution in [0.3, 0.4) is 0 Å². The van der Waals surface area contributed by atoms with Gasteiger partial charge in [0, 0.05) is 12.1 Å². The second-order valence-electron chi connectivity index (χ2n) is 6.17. The Morgan fingerprint density at radius 3 is 2.59 bits per heavy atom. The van der Waals surface area contributed by atoms with E-state index in [4.69, 9.17) is 0 Å². The molecule has 2 aromatic rings.